The summed E-state index contributed by atoms with van der Waals surface area (Å²) < 4.78 is 221. The topological polar surface area (TPSA) is 151 Å². The Morgan fingerprint density at radius 2 is 0.644 bits per heavy atom. The van der Waals surface area contributed by atoms with Gasteiger partial charge in [-0.05, 0) is 88.9 Å². The van der Waals surface area contributed by atoms with E-state index in [2.05, 4.69) is 0 Å². The number of halogens is 10. The van der Waals surface area contributed by atoms with E-state index in [1.165, 1.54) is 0 Å². The summed E-state index contributed by atoms with van der Waals surface area (Å²) in [6.07, 6.45) is -12.8. The first-order valence-electron chi connectivity index (χ1n) is 33.8. The summed E-state index contributed by atoms with van der Waals surface area (Å²) in [6, 6.07) is 0. The summed E-state index contributed by atoms with van der Waals surface area (Å²) >= 11 is 0. The van der Waals surface area contributed by atoms with E-state index in [0.29, 0.717) is 85.5 Å². The molecule has 2 N–H and O–H groups in total. The smallest absolute Gasteiger partial charge is 0.396 e. The van der Waals surface area contributed by atoms with E-state index < -0.39 is 112 Å². The number of rotatable bonds is 32. The molecule has 0 aromatic heterocycles. The number of hydrogen-bond donors (Lipinski definition) is 2. The Morgan fingerprint density at radius 1 is 0.367 bits per heavy atom. The van der Waals surface area contributed by atoms with Crippen molar-refractivity contribution in [3.05, 3.63) is 0 Å². The van der Waals surface area contributed by atoms with Crippen LogP contribution in [0.15, 0.2) is 0 Å². The SMILES string of the molecule is CCC1(COC2CC3(C(F)(F)F)CC2CC3OCC(CC)(CO)COC2CC3(C(F)(F)F)CC2CC3OCC2(CC)COC2)COC1.CCC1(COC2CC3(F)CC2(F)CC3OCC(CC)(CO)COC2CC3(F)CC2(F)CC3OCC2(CC)COC2)COC1. The second-order valence-electron chi connectivity index (χ2n) is 31.3. The molecule has 12 aliphatic rings. The number of ether oxygens (including phenoxy) is 12. The third-order valence-corrected chi connectivity index (χ3v) is 25.6. The minimum absolute atomic E-state index is 0.0604. The molecule has 0 radical (unpaired) electrons. The van der Waals surface area contributed by atoms with Gasteiger partial charge in [0.1, 0.15) is 22.7 Å². The maximum Gasteiger partial charge on any atom is 0.397 e. The Labute approximate surface area is 524 Å². The highest BCUT2D eigenvalue weighted by atomic mass is 19.4. The first-order chi connectivity index (χ1) is 42.4. The fourth-order valence-corrected chi connectivity index (χ4v) is 17.4. The zero-order valence-electron chi connectivity index (χ0n) is 53.8. The van der Waals surface area contributed by atoms with Gasteiger partial charge in [-0.1, -0.05) is 41.5 Å². The molecule has 0 aromatic rings. The number of alkyl halides is 10. The molecule has 8 bridgehead atoms. The van der Waals surface area contributed by atoms with Crippen molar-refractivity contribution >= 4 is 0 Å². The highest BCUT2D eigenvalue weighted by molar-refractivity contribution is 5.20. The van der Waals surface area contributed by atoms with Crippen molar-refractivity contribution in [2.45, 2.75) is 241 Å². The van der Waals surface area contributed by atoms with Gasteiger partial charge < -0.3 is 67.1 Å². The molecule has 4 saturated heterocycles. The van der Waals surface area contributed by atoms with Crippen LogP contribution in [0.25, 0.3) is 0 Å². The lowest BCUT2D eigenvalue weighted by molar-refractivity contribution is -0.271. The largest absolute Gasteiger partial charge is 0.397 e. The van der Waals surface area contributed by atoms with Crippen LogP contribution < -0.4 is 0 Å². The predicted octanol–water partition coefficient (Wildman–Crippen LogP) is 11.5. The van der Waals surface area contributed by atoms with E-state index in [0.717, 1.165) is 25.7 Å². The minimum atomic E-state index is -4.49. The summed E-state index contributed by atoms with van der Waals surface area (Å²) in [6.45, 7) is 16.2. The van der Waals surface area contributed by atoms with Gasteiger partial charge in [-0.25, -0.2) is 17.6 Å². The molecular weight excluding hydrogens is 1210 g/mol. The van der Waals surface area contributed by atoms with Crippen molar-refractivity contribution in [3.8, 4) is 0 Å². The third kappa shape index (κ3) is 12.6. The molecule has 12 rings (SSSR count). The van der Waals surface area contributed by atoms with Gasteiger partial charge in [-0.3, -0.25) is 0 Å². The van der Waals surface area contributed by atoms with E-state index in [4.69, 9.17) is 56.8 Å². The molecular formula is C66H102F10O14. The first-order valence-corrected chi connectivity index (χ1v) is 33.8. The van der Waals surface area contributed by atoms with Crippen LogP contribution in [-0.2, 0) is 56.8 Å². The van der Waals surface area contributed by atoms with Gasteiger partial charge in [-0.2, -0.15) is 26.3 Å². The van der Waals surface area contributed by atoms with Crippen molar-refractivity contribution in [1.29, 1.82) is 0 Å². The highest BCUT2D eigenvalue weighted by Crippen LogP contribution is 2.66. The predicted molar refractivity (Wildman–Crippen MR) is 306 cm³/mol. The van der Waals surface area contributed by atoms with Crippen molar-refractivity contribution < 1.29 is 111 Å². The second-order valence-corrected chi connectivity index (χ2v) is 31.3. The monoisotopic (exact) mass is 1310 g/mol. The van der Waals surface area contributed by atoms with Crippen molar-refractivity contribution in [1.82, 2.24) is 0 Å². The molecule has 8 aliphatic carbocycles. The summed E-state index contributed by atoms with van der Waals surface area (Å²) in [5, 5.41) is 20.8. The molecule has 520 valence electrons. The summed E-state index contributed by atoms with van der Waals surface area (Å²) in [5.74, 6) is -0.648. The van der Waals surface area contributed by atoms with Gasteiger partial charge in [0.25, 0.3) is 0 Å². The van der Waals surface area contributed by atoms with Crippen LogP contribution in [0.4, 0.5) is 43.9 Å². The van der Waals surface area contributed by atoms with E-state index in [1.54, 1.807) is 6.92 Å². The summed E-state index contributed by atoms with van der Waals surface area (Å²) in [4.78, 5) is 0. The van der Waals surface area contributed by atoms with Gasteiger partial charge in [0.05, 0.1) is 179 Å². The Kier molecular flexibility index (Phi) is 19.9. The fourth-order valence-electron chi connectivity index (χ4n) is 17.4. The minimum Gasteiger partial charge on any atom is -0.396 e. The Morgan fingerprint density at radius 3 is 0.922 bits per heavy atom. The Bertz CT molecular complexity index is 2330. The van der Waals surface area contributed by atoms with Crippen LogP contribution >= 0.6 is 0 Å². The summed E-state index contributed by atoms with van der Waals surface area (Å²) in [5.41, 5.74) is -14.0. The molecule has 4 heterocycles. The molecule has 90 heavy (non-hydrogen) atoms. The maximum absolute atomic E-state index is 16.0. The van der Waals surface area contributed by atoms with Crippen molar-refractivity contribution in [2.75, 3.05) is 119 Å². The zero-order valence-corrected chi connectivity index (χ0v) is 53.8. The van der Waals surface area contributed by atoms with Gasteiger partial charge >= 0.3 is 12.4 Å². The van der Waals surface area contributed by atoms with Gasteiger partial charge in [-0.15, -0.1) is 0 Å². The molecule has 4 aliphatic heterocycles. The quantitative estimate of drug-likeness (QED) is 0.0615. The first kappa shape index (κ1) is 70.1. The van der Waals surface area contributed by atoms with Gasteiger partial charge in [0.15, 0.2) is 0 Å². The Hall–Kier alpha value is -1.26. The summed E-state index contributed by atoms with van der Waals surface area (Å²) in [7, 11) is 0. The van der Waals surface area contributed by atoms with Crippen LogP contribution in [-0.4, -0.2) is 213 Å². The zero-order chi connectivity index (χ0) is 64.7. The molecule has 24 heteroatoms. The molecule has 17 atom stereocenters. The van der Waals surface area contributed by atoms with Crippen LogP contribution in [0.1, 0.15) is 157 Å². The standard InChI is InChI=1S/C34H52F6O7.C32H50F4O7/c1-4-28(13-41,18-44-24-11-32(34(38,39)40)9-22(24)8-27(32)47-21-30(6-3)16-43-17-30)19-46-26-7-23-10-31(26,33(35,36)37)12-25(23)45-20-29(5-2)14-42-15-29;1-4-26(13-37,18-40-22-7-31(35)11-29(22,33)9-24(31)42-20-27(5-2)14-38-15-27)19-41-23-8-32(36)12-30(23,34)10-25(32)43-21-28(6-3)16-39-17-28/h22-27,41H,4-21H2,1-3H3;22-25,37H,4-21H2,1-3H3. The van der Waals surface area contributed by atoms with E-state index >= 15 is 17.6 Å². The van der Waals surface area contributed by atoms with E-state index in [1.807, 2.05) is 34.6 Å². The second kappa shape index (κ2) is 25.5. The molecule has 0 spiro atoms. The molecule has 0 amide bonds. The van der Waals surface area contributed by atoms with Crippen LogP contribution in [0.3, 0.4) is 0 Å². The third-order valence-electron chi connectivity index (χ3n) is 25.6. The fraction of sp³-hybridized carbons (Fsp3) is 1.00. The van der Waals surface area contributed by atoms with Crippen molar-refractivity contribution in [2.24, 2.45) is 55.2 Å². The lowest BCUT2D eigenvalue weighted by atomic mass is 9.79. The lowest BCUT2D eigenvalue weighted by Gasteiger charge is -2.44. The normalized spacial score (nSPS) is 42.5. The maximum atomic E-state index is 16.0. The number of fused-ring (bicyclic) bond motifs is 8. The van der Waals surface area contributed by atoms with Gasteiger partial charge in [0.2, 0.25) is 0 Å². The van der Waals surface area contributed by atoms with Crippen LogP contribution in [0.5, 0.6) is 0 Å². The average molecular weight is 1310 g/mol. The number of hydrogen-bond acceptors (Lipinski definition) is 14. The van der Waals surface area contributed by atoms with Crippen molar-refractivity contribution in [3.63, 3.8) is 0 Å². The number of aliphatic hydroxyl groups is 2. The molecule has 17 unspecified atom stereocenters. The average Bonchev–Trinajstić information content (AvgIpc) is 1.61. The van der Waals surface area contributed by atoms with Gasteiger partial charge in [0, 0.05) is 71.0 Å². The van der Waals surface area contributed by atoms with Crippen LogP contribution in [0, 0.1) is 55.2 Å². The van der Waals surface area contributed by atoms with E-state index in [9.17, 15) is 36.6 Å². The molecule has 8 saturated carbocycles. The molecule has 12 fully saturated rings. The highest BCUT2D eigenvalue weighted by Gasteiger charge is 2.73. The lowest BCUT2D eigenvalue weighted by Crippen LogP contribution is -2.51. The molecule has 14 nitrogen and oxygen atoms in total. The van der Waals surface area contributed by atoms with Crippen LogP contribution in [0.2, 0.25) is 0 Å². The number of aliphatic hydroxyl groups excluding tert-OH is 2. The molecule has 0 aromatic carbocycles. The van der Waals surface area contributed by atoms with E-state index in [-0.39, 0.29) is 150 Å². The Balaban J connectivity index is 0.000000186.